The minimum Gasteiger partial charge on any atom is -0.339 e. The quantitative estimate of drug-likeness (QED) is 0.418. The Morgan fingerprint density at radius 3 is 2.53 bits per heavy atom. The number of carbonyl (C=O) groups is 1. The van der Waals surface area contributed by atoms with Gasteiger partial charge in [-0.05, 0) is 68.3 Å². The lowest BCUT2D eigenvalue weighted by Gasteiger charge is -2.04. The van der Waals surface area contributed by atoms with E-state index < -0.39 is 0 Å². The molecule has 5 rings (SSSR count). The zero-order valence-corrected chi connectivity index (χ0v) is 18.3. The van der Waals surface area contributed by atoms with E-state index in [2.05, 4.69) is 20.6 Å². The molecule has 0 bridgehead atoms. The highest BCUT2D eigenvalue weighted by Gasteiger charge is 2.23. The van der Waals surface area contributed by atoms with Crippen molar-refractivity contribution >= 4 is 23.2 Å². The predicted molar refractivity (Wildman–Crippen MR) is 122 cm³/mol. The highest BCUT2D eigenvalue weighted by atomic mass is 35.5. The van der Waals surface area contributed by atoms with Crippen molar-refractivity contribution in [2.24, 2.45) is 0 Å². The van der Waals surface area contributed by atoms with Crippen LogP contribution < -0.4 is 5.32 Å². The second-order valence-corrected chi connectivity index (χ2v) is 8.45. The molecule has 0 aliphatic heterocycles. The Morgan fingerprint density at radius 2 is 1.81 bits per heavy atom. The van der Waals surface area contributed by atoms with Crippen molar-refractivity contribution in [1.82, 2.24) is 19.9 Å². The van der Waals surface area contributed by atoms with Crippen LogP contribution in [0.2, 0.25) is 5.02 Å². The normalized spacial score (nSPS) is 14.1. The van der Waals surface area contributed by atoms with Gasteiger partial charge in [-0.1, -0.05) is 29.6 Å². The largest absolute Gasteiger partial charge is 0.339 e. The van der Waals surface area contributed by atoms with Gasteiger partial charge < -0.3 is 9.84 Å². The second kappa shape index (κ2) is 8.59. The van der Waals surface area contributed by atoms with E-state index in [1.165, 1.54) is 12.8 Å². The van der Waals surface area contributed by atoms with Gasteiger partial charge in [-0.2, -0.15) is 10.1 Å². The Kier molecular flexibility index (Phi) is 5.49. The number of aromatic nitrogens is 4. The van der Waals surface area contributed by atoms with Gasteiger partial charge in [-0.15, -0.1) is 0 Å². The van der Waals surface area contributed by atoms with Crippen LogP contribution in [0.4, 0.5) is 5.69 Å². The Bertz CT molecular complexity index is 1240. The number of carbonyl (C=O) groups excluding carboxylic acids is 1. The maximum atomic E-state index is 12.7. The summed E-state index contributed by atoms with van der Waals surface area (Å²) in [4.78, 5) is 17.3. The van der Waals surface area contributed by atoms with Crippen molar-refractivity contribution in [2.45, 2.75) is 38.5 Å². The van der Waals surface area contributed by atoms with E-state index in [0.29, 0.717) is 33.7 Å². The Balaban J connectivity index is 1.32. The number of halogens is 1. The number of rotatable bonds is 5. The summed E-state index contributed by atoms with van der Waals surface area (Å²) in [7, 11) is 0. The third-order valence-electron chi connectivity index (χ3n) is 5.78. The van der Waals surface area contributed by atoms with Gasteiger partial charge in [-0.3, -0.25) is 4.79 Å². The van der Waals surface area contributed by atoms with Crippen molar-refractivity contribution in [2.75, 3.05) is 5.32 Å². The average molecular weight is 448 g/mol. The van der Waals surface area contributed by atoms with E-state index in [-0.39, 0.29) is 5.91 Å². The van der Waals surface area contributed by atoms with Crippen LogP contribution in [0.3, 0.4) is 0 Å². The van der Waals surface area contributed by atoms with Gasteiger partial charge in [-0.25, -0.2) is 4.68 Å². The molecule has 162 valence electrons. The molecule has 0 radical (unpaired) electrons. The van der Waals surface area contributed by atoms with Gasteiger partial charge in [0.25, 0.3) is 5.91 Å². The molecule has 0 atom stereocenters. The molecule has 2 aromatic carbocycles. The Morgan fingerprint density at radius 1 is 1.09 bits per heavy atom. The lowest BCUT2D eigenvalue weighted by atomic mass is 10.1. The van der Waals surface area contributed by atoms with Crippen molar-refractivity contribution in [3.05, 3.63) is 76.9 Å². The highest BCUT2D eigenvalue weighted by Crippen LogP contribution is 2.34. The Hall–Kier alpha value is -3.45. The van der Waals surface area contributed by atoms with Gasteiger partial charge in [0.15, 0.2) is 0 Å². The molecule has 1 N–H and O–H groups in total. The fourth-order valence-corrected chi connectivity index (χ4v) is 4.13. The molecular weight excluding hydrogens is 426 g/mol. The van der Waals surface area contributed by atoms with Crippen molar-refractivity contribution in [3.8, 4) is 17.1 Å². The first-order valence-electron chi connectivity index (χ1n) is 10.6. The first kappa shape index (κ1) is 20.5. The predicted octanol–water partition coefficient (Wildman–Crippen LogP) is 5.79. The summed E-state index contributed by atoms with van der Waals surface area (Å²) in [5.41, 5.74) is 3.53. The summed E-state index contributed by atoms with van der Waals surface area (Å²) in [6.45, 7) is 1.81. The summed E-state index contributed by atoms with van der Waals surface area (Å²) in [6.07, 6.45) is 6.41. The molecule has 0 unspecified atom stereocenters. The number of anilines is 1. The zero-order valence-electron chi connectivity index (χ0n) is 17.6. The molecule has 2 aromatic heterocycles. The number of hydrogen-bond acceptors (Lipinski definition) is 5. The number of nitrogens with one attached hydrogen (secondary N) is 1. The molecule has 8 heteroatoms. The topological polar surface area (TPSA) is 85.8 Å². The monoisotopic (exact) mass is 447 g/mol. The van der Waals surface area contributed by atoms with E-state index in [1.54, 1.807) is 35.1 Å². The number of benzene rings is 2. The molecule has 7 nitrogen and oxygen atoms in total. The SMILES string of the molecule is Cc1nn(-c2ccc(-c3noc(C4CCCC4)n3)cc2)cc1C(=O)Nc1ccc(Cl)cc1. The molecule has 1 saturated carbocycles. The molecule has 1 fully saturated rings. The van der Waals surface area contributed by atoms with Gasteiger partial charge >= 0.3 is 0 Å². The minimum absolute atomic E-state index is 0.223. The highest BCUT2D eigenvalue weighted by molar-refractivity contribution is 6.30. The van der Waals surface area contributed by atoms with Gasteiger partial charge in [0, 0.05) is 28.4 Å². The minimum atomic E-state index is -0.223. The fraction of sp³-hybridized carbons (Fsp3) is 0.250. The summed E-state index contributed by atoms with van der Waals surface area (Å²) in [5.74, 6) is 1.50. The van der Waals surface area contributed by atoms with E-state index in [0.717, 1.165) is 30.0 Å². The molecule has 0 saturated heterocycles. The molecule has 32 heavy (non-hydrogen) atoms. The van der Waals surface area contributed by atoms with Crippen LogP contribution in [0, 0.1) is 6.92 Å². The number of amides is 1. The molecule has 1 aliphatic rings. The van der Waals surface area contributed by atoms with E-state index in [4.69, 9.17) is 16.1 Å². The van der Waals surface area contributed by atoms with Crippen LogP contribution >= 0.6 is 11.6 Å². The maximum Gasteiger partial charge on any atom is 0.259 e. The molecule has 1 amide bonds. The zero-order chi connectivity index (χ0) is 22.1. The standard InChI is InChI=1S/C24H22ClN5O2/c1-15-21(23(31)26-19-10-8-18(25)9-11-19)14-30(28-15)20-12-6-16(7-13-20)22-27-24(32-29-22)17-4-2-3-5-17/h6-14,17H,2-5H2,1H3,(H,26,31). The van der Waals surface area contributed by atoms with E-state index >= 15 is 0 Å². The Labute approximate surface area is 190 Å². The molecule has 1 aliphatic carbocycles. The molecule has 4 aromatic rings. The smallest absolute Gasteiger partial charge is 0.259 e. The van der Waals surface area contributed by atoms with Gasteiger partial charge in [0.05, 0.1) is 16.9 Å². The number of nitrogens with zero attached hydrogens (tertiary/aromatic N) is 4. The molecule has 2 heterocycles. The van der Waals surface area contributed by atoms with Crippen LogP contribution in [-0.4, -0.2) is 25.8 Å². The van der Waals surface area contributed by atoms with Crippen molar-refractivity contribution < 1.29 is 9.32 Å². The third-order valence-corrected chi connectivity index (χ3v) is 6.03. The summed E-state index contributed by atoms with van der Waals surface area (Å²) in [6, 6.07) is 14.7. The third kappa shape index (κ3) is 4.16. The summed E-state index contributed by atoms with van der Waals surface area (Å²) < 4.78 is 7.18. The number of hydrogen-bond donors (Lipinski definition) is 1. The molecule has 0 spiro atoms. The van der Waals surface area contributed by atoms with Crippen LogP contribution in [0.25, 0.3) is 17.1 Å². The van der Waals surface area contributed by atoms with E-state index in [9.17, 15) is 4.79 Å². The summed E-state index contributed by atoms with van der Waals surface area (Å²) >= 11 is 5.90. The first-order chi connectivity index (χ1) is 15.6. The van der Waals surface area contributed by atoms with Crippen molar-refractivity contribution in [1.29, 1.82) is 0 Å². The second-order valence-electron chi connectivity index (χ2n) is 8.02. The molecular formula is C24H22ClN5O2. The van der Waals surface area contributed by atoms with Crippen LogP contribution in [0.15, 0.2) is 59.3 Å². The number of aryl methyl sites for hydroxylation is 1. The lowest BCUT2D eigenvalue weighted by Crippen LogP contribution is -2.12. The van der Waals surface area contributed by atoms with E-state index in [1.807, 2.05) is 31.2 Å². The lowest BCUT2D eigenvalue weighted by molar-refractivity contribution is 0.102. The van der Waals surface area contributed by atoms with Gasteiger partial charge in [0.1, 0.15) is 0 Å². The van der Waals surface area contributed by atoms with Crippen LogP contribution in [0.1, 0.15) is 53.5 Å². The van der Waals surface area contributed by atoms with Crippen LogP contribution in [0.5, 0.6) is 0 Å². The maximum absolute atomic E-state index is 12.7. The van der Waals surface area contributed by atoms with Crippen molar-refractivity contribution in [3.63, 3.8) is 0 Å². The average Bonchev–Trinajstić information content (AvgIpc) is 3.56. The first-order valence-corrected chi connectivity index (χ1v) is 11.0. The van der Waals surface area contributed by atoms with Gasteiger partial charge in [0.2, 0.25) is 11.7 Å². The summed E-state index contributed by atoms with van der Waals surface area (Å²) in [5, 5.41) is 12.1. The van der Waals surface area contributed by atoms with Crippen LogP contribution in [-0.2, 0) is 0 Å². The fourth-order valence-electron chi connectivity index (χ4n) is 4.00.